The van der Waals surface area contributed by atoms with Crippen molar-refractivity contribution in [3.8, 4) is 5.75 Å². The normalized spacial score (nSPS) is 21.8. The van der Waals surface area contributed by atoms with E-state index in [0.717, 1.165) is 75.6 Å². The molecule has 2 saturated carbocycles. The number of aromatic nitrogens is 2. The maximum absolute atomic E-state index is 12.4. The molecule has 8 rings (SSSR count). The van der Waals surface area contributed by atoms with Crippen LogP contribution in [0.25, 0.3) is 16.7 Å². The minimum atomic E-state index is -0.126. The Kier molecular flexibility index (Phi) is 12.9. The molecular formula is C47H62N10O3. The molecule has 2 aliphatic carbocycles. The number of hydrogen-bond donors (Lipinski definition) is 6. The van der Waals surface area contributed by atoms with Crippen LogP contribution in [0.4, 0.5) is 5.69 Å². The van der Waals surface area contributed by atoms with Crippen molar-refractivity contribution in [3.63, 3.8) is 0 Å². The molecule has 4 fully saturated rings. The van der Waals surface area contributed by atoms with Gasteiger partial charge in [-0.25, -0.2) is 4.98 Å². The van der Waals surface area contributed by atoms with Crippen LogP contribution in [0.15, 0.2) is 84.6 Å². The average molecular weight is 815 g/mol. The number of aromatic hydroxyl groups is 1. The summed E-state index contributed by atoms with van der Waals surface area (Å²) in [4.78, 5) is 35.3. The number of fused-ring (bicyclic) bond motifs is 1. The lowest BCUT2D eigenvalue weighted by molar-refractivity contribution is -0.116. The Morgan fingerprint density at radius 1 is 0.883 bits per heavy atom. The Bertz CT molecular complexity index is 2170. The van der Waals surface area contributed by atoms with Gasteiger partial charge in [-0.3, -0.25) is 14.5 Å². The van der Waals surface area contributed by atoms with Crippen molar-refractivity contribution >= 4 is 34.7 Å². The zero-order valence-corrected chi connectivity index (χ0v) is 34.8. The van der Waals surface area contributed by atoms with Crippen LogP contribution in [0.1, 0.15) is 97.9 Å². The van der Waals surface area contributed by atoms with Crippen LogP contribution in [0.5, 0.6) is 5.75 Å². The first-order valence-corrected chi connectivity index (χ1v) is 22.0. The number of amides is 2. The Balaban J connectivity index is 0.793. The van der Waals surface area contributed by atoms with E-state index in [2.05, 4.69) is 66.4 Å². The topological polar surface area (TPSA) is 184 Å². The fourth-order valence-electron chi connectivity index (χ4n) is 9.71. The third kappa shape index (κ3) is 9.90. The van der Waals surface area contributed by atoms with Gasteiger partial charge in [-0.05, 0) is 104 Å². The maximum Gasteiger partial charge on any atom is 0.226 e. The fourth-order valence-corrected chi connectivity index (χ4v) is 9.71. The van der Waals surface area contributed by atoms with Crippen molar-refractivity contribution in [2.24, 2.45) is 23.1 Å². The summed E-state index contributed by atoms with van der Waals surface area (Å²) in [5, 5.41) is 17.0. The molecule has 0 spiro atoms. The third-order valence-electron chi connectivity index (χ3n) is 13.2. The molecule has 1 atom stereocenters. The molecule has 2 aliphatic heterocycles. The molecule has 2 saturated heterocycles. The molecule has 0 radical (unpaired) electrons. The lowest BCUT2D eigenvalue weighted by atomic mass is 9.85. The molecule has 2 amide bonds. The number of likely N-dealkylation sites (tertiary alicyclic amines) is 1. The maximum atomic E-state index is 12.4. The highest BCUT2D eigenvalue weighted by molar-refractivity contribution is 5.94. The minimum absolute atomic E-state index is 0.126. The van der Waals surface area contributed by atoms with E-state index in [1.807, 2.05) is 6.07 Å². The summed E-state index contributed by atoms with van der Waals surface area (Å²) in [5.74, 6) is 1.90. The number of phenols is 1. The van der Waals surface area contributed by atoms with E-state index < -0.39 is 0 Å². The summed E-state index contributed by atoms with van der Waals surface area (Å²) in [6.07, 6.45) is 16.1. The van der Waals surface area contributed by atoms with Crippen LogP contribution in [-0.4, -0.2) is 94.0 Å². The molecule has 13 nitrogen and oxygen atoms in total. The van der Waals surface area contributed by atoms with Crippen molar-refractivity contribution in [2.75, 3.05) is 57.7 Å². The van der Waals surface area contributed by atoms with Crippen molar-refractivity contribution in [1.29, 1.82) is 0 Å². The molecule has 2 aromatic carbocycles. The standard InChI is InChI=1S/C47H62N10O3/c48-42(39-5-1-2-6-44(39)59)25-43(46(49)50)56-19-3-4-36(29-56)34-11-7-32(8-12-34)27-54-20-22-55(23-21-54)28-33-9-15-38(16-10-33)57-30-41(35-13-14-35)40-24-37(26-52-47(40)57)53-45(60)17-18-51-31-58/h1-2,5-8,11-12,24-26,30-31,33,35-36,38,59H,3-4,9-10,13-23,27-29,48-50H2,(H,51,58)(H,53,60)/b42-25-. The summed E-state index contributed by atoms with van der Waals surface area (Å²) < 4.78 is 2.44. The van der Waals surface area contributed by atoms with E-state index in [1.165, 1.54) is 61.8 Å². The molecule has 4 aliphatic rings. The smallest absolute Gasteiger partial charge is 0.226 e. The van der Waals surface area contributed by atoms with Gasteiger partial charge < -0.3 is 47.3 Å². The molecule has 0 bridgehead atoms. The second-order valence-corrected chi connectivity index (χ2v) is 17.5. The first kappa shape index (κ1) is 41.2. The number of para-hydroxylation sites is 1. The number of piperazine rings is 1. The Morgan fingerprint density at radius 3 is 2.35 bits per heavy atom. The SMILES string of the molecule is NC(N)=C(/C=C(\N)c1ccccc1O)N1CCCC(c2ccc(CN3CCN(CC4CCC(n5cc(C6CC6)c6cc(NC(=O)CCNC=O)cnc65)CC4)CC3)cc2)C1. The van der Waals surface area contributed by atoms with Crippen LogP contribution < -0.4 is 27.8 Å². The second kappa shape index (κ2) is 18.8. The molecule has 60 heavy (non-hydrogen) atoms. The number of carbonyl (C=O) groups is 2. The number of piperidine rings is 1. The highest BCUT2D eigenvalue weighted by Crippen LogP contribution is 2.46. The second-order valence-electron chi connectivity index (χ2n) is 17.5. The summed E-state index contributed by atoms with van der Waals surface area (Å²) >= 11 is 0. The van der Waals surface area contributed by atoms with Gasteiger partial charge >= 0.3 is 0 Å². The van der Waals surface area contributed by atoms with E-state index >= 15 is 0 Å². The van der Waals surface area contributed by atoms with E-state index in [1.54, 1.807) is 30.5 Å². The summed E-state index contributed by atoms with van der Waals surface area (Å²) in [6, 6.07) is 18.8. The summed E-state index contributed by atoms with van der Waals surface area (Å²) in [7, 11) is 0. The first-order chi connectivity index (χ1) is 29.2. The van der Waals surface area contributed by atoms with E-state index in [-0.39, 0.29) is 23.9 Å². The number of allylic oxidation sites excluding steroid dienone is 1. The van der Waals surface area contributed by atoms with E-state index in [4.69, 9.17) is 22.2 Å². The summed E-state index contributed by atoms with van der Waals surface area (Å²) in [5.41, 5.74) is 26.3. The molecule has 318 valence electrons. The van der Waals surface area contributed by atoms with E-state index in [0.29, 0.717) is 53.5 Å². The van der Waals surface area contributed by atoms with Crippen LogP contribution in [0, 0.1) is 5.92 Å². The van der Waals surface area contributed by atoms with E-state index in [9.17, 15) is 14.7 Å². The Morgan fingerprint density at radius 2 is 1.63 bits per heavy atom. The van der Waals surface area contributed by atoms with Crippen LogP contribution in [-0.2, 0) is 16.1 Å². The third-order valence-corrected chi connectivity index (χ3v) is 13.2. The number of nitrogens with one attached hydrogen (secondary N) is 2. The number of carbonyl (C=O) groups excluding carboxylic acids is 2. The van der Waals surface area contributed by atoms with Crippen LogP contribution in [0.3, 0.4) is 0 Å². The molecule has 1 unspecified atom stereocenters. The number of anilines is 1. The van der Waals surface area contributed by atoms with Crippen molar-refractivity contribution in [1.82, 2.24) is 29.6 Å². The number of phenolic OH excluding ortho intramolecular Hbond substituents is 1. The van der Waals surface area contributed by atoms with Gasteiger partial charge in [0.2, 0.25) is 12.3 Å². The number of nitrogens with zero attached hydrogens (tertiary/aromatic N) is 5. The van der Waals surface area contributed by atoms with Crippen molar-refractivity contribution in [3.05, 3.63) is 107 Å². The average Bonchev–Trinajstić information content (AvgIpc) is 4.04. The largest absolute Gasteiger partial charge is 0.507 e. The molecule has 4 aromatic rings. The van der Waals surface area contributed by atoms with Gasteiger partial charge in [0, 0.05) is 100 Å². The minimum Gasteiger partial charge on any atom is -0.507 e. The highest BCUT2D eigenvalue weighted by Gasteiger charge is 2.32. The number of nitrogens with two attached hydrogens (primary N) is 3. The number of benzene rings is 2. The zero-order valence-electron chi connectivity index (χ0n) is 34.8. The van der Waals surface area contributed by atoms with Gasteiger partial charge in [-0.15, -0.1) is 0 Å². The molecular weight excluding hydrogens is 753 g/mol. The van der Waals surface area contributed by atoms with Crippen LogP contribution in [0.2, 0.25) is 0 Å². The number of rotatable bonds is 15. The fraction of sp³-hybridized carbons (Fsp3) is 0.468. The monoisotopic (exact) mass is 815 g/mol. The van der Waals surface area contributed by atoms with Gasteiger partial charge in [0.1, 0.15) is 17.2 Å². The van der Waals surface area contributed by atoms with Gasteiger partial charge in [0.05, 0.1) is 17.6 Å². The number of pyridine rings is 1. The van der Waals surface area contributed by atoms with Crippen molar-refractivity contribution < 1.29 is 14.7 Å². The van der Waals surface area contributed by atoms with Gasteiger partial charge in [-0.1, -0.05) is 36.4 Å². The predicted molar refractivity (Wildman–Crippen MR) is 237 cm³/mol. The molecule has 2 aromatic heterocycles. The van der Waals surface area contributed by atoms with Gasteiger partial charge in [0.25, 0.3) is 0 Å². The first-order valence-electron chi connectivity index (χ1n) is 22.0. The van der Waals surface area contributed by atoms with Gasteiger partial charge in [0.15, 0.2) is 0 Å². The molecule has 4 heterocycles. The van der Waals surface area contributed by atoms with Gasteiger partial charge in [-0.2, -0.15) is 0 Å². The zero-order chi connectivity index (χ0) is 41.6. The van der Waals surface area contributed by atoms with Crippen molar-refractivity contribution in [2.45, 2.75) is 82.2 Å². The number of hydrogen-bond acceptors (Lipinski definition) is 10. The highest BCUT2D eigenvalue weighted by atomic mass is 16.3. The summed E-state index contributed by atoms with van der Waals surface area (Å²) in [6.45, 7) is 8.52. The van der Waals surface area contributed by atoms with Crippen LogP contribution >= 0.6 is 0 Å². The Labute approximate surface area is 353 Å². The predicted octanol–water partition coefficient (Wildman–Crippen LogP) is 5.51. The lowest BCUT2D eigenvalue weighted by Crippen LogP contribution is -2.47. The lowest BCUT2D eigenvalue weighted by Gasteiger charge is -2.38. The quantitative estimate of drug-likeness (QED) is 0.0509. The molecule has 9 N–H and O–H groups in total. The Hall–Kier alpha value is -5.53. The molecule has 13 heteroatoms.